The van der Waals surface area contributed by atoms with E-state index in [2.05, 4.69) is 10.1 Å². The number of hydrogen-bond acceptors (Lipinski definition) is 4. The van der Waals surface area contributed by atoms with Gasteiger partial charge in [-0.2, -0.15) is 0 Å². The number of methoxy groups -OCH3 is 2. The highest BCUT2D eigenvalue weighted by molar-refractivity contribution is 5.84. The van der Waals surface area contributed by atoms with Gasteiger partial charge in [0, 0.05) is 13.5 Å². The highest BCUT2D eigenvalue weighted by Gasteiger charge is 2.20. The molecule has 0 aliphatic rings. The van der Waals surface area contributed by atoms with Crippen LogP contribution in [0.25, 0.3) is 0 Å². The Morgan fingerprint density at radius 2 is 2.11 bits per heavy atom. The van der Waals surface area contributed by atoms with Crippen molar-refractivity contribution in [2.45, 2.75) is 12.5 Å². The fourth-order valence-electron chi connectivity index (χ4n) is 1.60. The molecule has 19 heavy (non-hydrogen) atoms. The van der Waals surface area contributed by atoms with Gasteiger partial charge in [-0.1, -0.05) is 12.1 Å². The second kappa shape index (κ2) is 7.38. The molecule has 0 aromatic heterocycles. The van der Waals surface area contributed by atoms with Crippen molar-refractivity contribution in [2.24, 2.45) is 0 Å². The third-order valence-electron chi connectivity index (χ3n) is 2.48. The molecule has 1 aromatic carbocycles. The lowest BCUT2D eigenvalue weighted by atomic mass is 10.1. The first-order chi connectivity index (χ1) is 9.06. The first kappa shape index (κ1) is 15.0. The number of carbonyl (C=O) groups is 2. The average Bonchev–Trinajstić information content (AvgIpc) is 2.38. The van der Waals surface area contributed by atoms with Gasteiger partial charge in [0.25, 0.3) is 0 Å². The number of benzene rings is 1. The Morgan fingerprint density at radius 1 is 1.37 bits per heavy atom. The van der Waals surface area contributed by atoms with Crippen molar-refractivity contribution in [3.8, 4) is 5.75 Å². The molecule has 1 aromatic rings. The number of carboxylic acids is 1. The molecule has 0 unspecified atom stereocenters. The molecule has 0 saturated heterocycles. The van der Waals surface area contributed by atoms with E-state index in [-0.39, 0.29) is 13.0 Å². The summed E-state index contributed by atoms with van der Waals surface area (Å²) < 4.78 is 9.71. The van der Waals surface area contributed by atoms with Crippen LogP contribution >= 0.6 is 0 Å². The molecular weight excluding hydrogens is 250 g/mol. The van der Waals surface area contributed by atoms with Crippen molar-refractivity contribution in [1.82, 2.24) is 5.32 Å². The van der Waals surface area contributed by atoms with Gasteiger partial charge in [0.2, 0.25) is 5.91 Å². The number of amides is 1. The molecule has 0 saturated carbocycles. The zero-order chi connectivity index (χ0) is 14.3. The number of nitrogens with one attached hydrogen (secondary N) is 1. The van der Waals surface area contributed by atoms with E-state index in [1.54, 1.807) is 24.3 Å². The van der Waals surface area contributed by atoms with Crippen LogP contribution in [0.15, 0.2) is 24.3 Å². The molecule has 104 valence electrons. The van der Waals surface area contributed by atoms with Gasteiger partial charge in [-0.15, -0.1) is 0 Å². The van der Waals surface area contributed by atoms with E-state index in [1.807, 2.05) is 0 Å². The second-order valence-electron chi connectivity index (χ2n) is 3.95. The Balaban J connectivity index is 2.72. The molecule has 2 N–H and O–H groups in total. The summed E-state index contributed by atoms with van der Waals surface area (Å²) in [4.78, 5) is 22.5. The van der Waals surface area contributed by atoms with Gasteiger partial charge in [-0.3, -0.25) is 4.79 Å². The lowest BCUT2D eigenvalue weighted by Crippen LogP contribution is -2.43. The zero-order valence-corrected chi connectivity index (χ0v) is 10.9. The lowest BCUT2D eigenvalue weighted by molar-refractivity contribution is -0.142. The largest absolute Gasteiger partial charge is 0.497 e. The molecule has 1 amide bonds. The maximum Gasteiger partial charge on any atom is 0.326 e. The van der Waals surface area contributed by atoms with E-state index in [0.717, 1.165) is 5.56 Å². The highest BCUT2D eigenvalue weighted by atomic mass is 16.5. The number of carbonyl (C=O) groups excluding carboxylic acids is 1. The standard InChI is InChI=1S/C13H17NO5/c1-18-8-12(15)14-11(13(16)17)7-9-4-3-5-10(6-9)19-2/h3-6,11H,7-8H2,1-2H3,(H,14,15)(H,16,17)/t11-/m0/s1. The lowest BCUT2D eigenvalue weighted by Gasteiger charge is -2.14. The molecule has 0 aliphatic heterocycles. The molecule has 0 aliphatic carbocycles. The minimum absolute atomic E-state index is 0.165. The normalized spacial score (nSPS) is 11.7. The monoisotopic (exact) mass is 267 g/mol. The summed E-state index contributed by atoms with van der Waals surface area (Å²) in [5, 5.41) is 11.5. The molecule has 0 heterocycles. The average molecular weight is 267 g/mol. The second-order valence-corrected chi connectivity index (χ2v) is 3.95. The molecular formula is C13H17NO5. The molecule has 0 fully saturated rings. The summed E-state index contributed by atoms with van der Waals surface area (Å²) in [6, 6.07) is 6.06. The topological polar surface area (TPSA) is 84.9 Å². The van der Waals surface area contributed by atoms with Gasteiger partial charge in [-0.05, 0) is 17.7 Å². The molecule has 1 atom stereocenters. The predicted molar refractivity (Wildman–Crippen MR) is 68.1 cm³/mol. The van der Waals surface area contributed by atoms with E-state index in [1.165, 1.54) is 14.2 Å². The maximum absolute atomic E-state index is 11.3. The molecule has 6 heteroatoms. The Hall–Kier alpha value is -2.08. The molecule has 0 bridgehead atoms. The first-order valence-electron chi connectivity index (χ1n) is 5.71. The van der Waals surface area contributed by atoms with Crippen LogP contribution in [0.2, 0.25) is 0 Å². The summed E-state index contributed by atoms with van der Waals surface area (Å²) >= 11 is 0. The van der Waals surface area contributed by atoms with Gasteiger partial charge >= 0.3 is 5.97 Å². The summed E-state index contributed by atoms with van der Waals surface area (Å²) in [5.41, 5.74) is 0.768. The van der Waals surface area contributed by atoms with Crippen molar-refractivity contribution in [3.63, 3.8) is 0 Å². The smallest absolute Gasteiger partial charge is 0.326 e. The van der Waals surface area contributed by atoms with Crippen LogP contribution < -0.4 is 10.1 Å². The third kappa shape index (κ3) is 4.97. The molecule has 0 spiro atoms. The Morgan fingerprint density at radius 3 is 2.68 bits per heavy atom. The Labute approximate surface area is 111 Å². The quantitative estimate of drug-likeness (QED) is 0.749. The van der Waals surface area contributed by atoms with Crippen LogP contribution in [0.3, 0.4) is 0 Å². The summed E-state index contributed by atoms with van der Waals surface area (Å²) in [6.45, 7) is -0.165. The van der Waals surface area contributed by atoms with Gasteiger partial charge in [0.05, 0.1) is 7.11 Å². The highest BCUT2D eigenvalue weighted by Crippen LogP contribution is 2.14. The number of aliphatic carboxylic acids is 1. The number of carboxylic acid groups (broad SMARTS) is 1. The van der Waals surface area contributed by atoms with Gasteiger partial charge in [-0.25, -0.2) is 4.79 Å². The SMILES string of the molecule is COCC(=O)N[C@@H](Cc1cccc(OC)c1)C(=O)O. The number of rotatable bonds is 7. The molecule has 1 rings (SSSR count). The van der Waals surface area contributed by atoms with Crippen molar-refractivity contribution in [1.29, 1.82) is 0 Å². The van der Waals surface area contributed by atoms with Gasteiger partial charge in [0.15, 0.2) is 0 Å². The van der Waals surface area contributed by atoms with E-state index in [4.69, 9.17) is 9.84 Å². The van der Waals surface area contributed by atoms with E-state index in [9.17, 15) is 9.59 Å². The summed E-state index contributed by atoms with van der Waals surface area (Å²) in [6.07, 6.45) is 0.183. The number of hydrogen-bond donors (Lipinski definition) is 2. The zero-order valence-electron chi connectivity index (χ0n) is 10.9. The minimum Gasteiger partial charge on any atom is -0.497 e. The van der Waals surface area contributed by atoms with E-state index >= 15 is 0 Å². The van der Waals surface area contributed by atoms with Crippen LogP contribution in [-0.2, 0) is 20.7 Å². The van der Waals surface area contributed by atoms with Crippen LogP contribution in [0.5, 0.6) is 5.75 Å². The minimum atomic E-state index is -1.09. The predicted octanol–water partition coefficient (Wildman–Crippen LogP) is 0.453. The molecule has 0 radical (unpaired) electrons. The molecule has 6 nitrogen and oxygen atoms in total. The van der Waals surface area contributed by atoms with Crippen molar-refractivity contribution in [3.05, 3.63) is 29.8 Å². The third-order valence-corrected chi connectivity index (χ3v) is 2.48. The summed E-state index contributed by atoms with van der Waals surface area (Å²) in [7, 11) is 2.91. The Bertz CT molecular complexity index is 446. The van der Waals surface area contributed by atoms with Crippen LogP contribution in [0, 0.1) is 0 Å². The van der Waals surface area contributed by atoms with Crippen LogP contribution in [0.1, 0.15) is 5.56 Å². The fourth-order valence-corrected chi connectivity index (χ4v) is 1.60. The van der Waals surface area contributed by atoms with Crippen molar-refractivity contribution in [2.75, 3.05) is 20.8 Å². The van der Waals surface area contributed by atoms with E-state index < -0.39 is 17.9 Å². The fraction of sp³-hybridized carbons (Fsp3) is 0.385. The Kier molecular flexibility index (Phi) is 5.81. The van der Waals surface area contributed by atoms with E-state index in [0.29, 0.717) is 5.75 Å². The summed E-state index contributed by atoms with van der Waals surface area (Å²) in [5.74, 6) is -0.907. The first-order valence-corrected chi connectivity index (χ1v) is 5.71. The van der Waals surface area contributed by atoms with Gasteiger partial charge in [0.1, 0.15) is 18.4 Å². The number of ether oxygens (including phenoxy) is 2. The van der Waals surface area contributed by atoms with Crippen molar-refractivity contribution >= 4 is 11.9 Å². The van der Waals surface area contributed by atoms with Crippen LogP contribution in [0.4, 0.5) is 0 Å². The van der Waals surface area contributed by atoms with Crippen LogP contribution in [-0.4, -0.2) is 43.9 Å². The van der Waals surface area contributed by atoms with Crippen molar-refractivity contribution < 1.29 is 24.2 Å². The maximum atomic E-state index is 11.3. The van der Waals surface area contributed by atoms with Gasteiger partial charge < -0.3 is 19.9 Å².